The zero-order chi connectivity index (χ0) is 16.6. The largest absolute Gasteiger partial charge is 0.460 e. The number of hydrogen-bond donors (Lipinski definition) is 0. The van der Waals surface area contributed by atoms with Gasteiger partial charge in [-0.05, 0) is 0 Å². The average Bonchev–Trinajstić information content (AvgIpc) is 2.12. The van der Waals surface area contributed by atoms with Crippen molar-refractivity contribution < 1.29 is 53.0 Å². The number of ether oxygens (including phenoxy) is 1. The number of alkyl halides is 11. The molecule has 0 saturated carbocycles. The molecular formula is C8H7F11O. The Hall–Kier alpha value is -0.810. The summed E-state index contributed by atoms with van der Waals surface area (Å²) >= 11 is 0. The molecule has 0 aliphatic rings. The van der Waals surface area contributed by atoms with Crippen molar-refractivity contribution in [2.45, 2.75) is 43.4 Å². The van der Waals surface area contributed by atoms with Crippen LogP contribution in [-0.4, -0.2) is 36.7 Å². The van der Waals surface area contributed by atoms with E-state index in [2.05, 4.69) is 4.74 Å². The summed E-state index contributed by atoms with van der Waals surface area (Å²) in [5, 5.41) is 0. The van der Waals surface area contributed by atoms with Crippen molar-refractivity contribution in [1.82, 2.24) is 0 Å². The van der Waals surface area contributed by atoms with E-state index in [0.717, 1.165) is 0 Å². The maximum atomic E-state index is 12.7. The Morgan fingerprint density at radius 2 is 1.10 bits per heavy atom. The van der Waals surface area contributed by atoms with Crippen molar-refractivity contribution in [2.24, 2.45) is 0 Å². The molecule has 1 nitrogen and oxygen atoms in total. The summed E-state index contributed by atoms with van der Waals surface area (Å²) in [5.41, 5.74) is 0. The highest BCUT2D eigenvalue weighted by Crippen LogP contribution is 2.54. The Labute approximate surface area is 104 Å². The zero-order valence-electron chi connectivity index (χ0n) is 9.48. The van der Waals surface area contributed by atoms with E-state index in [-0.39, 0.29) is 6.92 Å². The van der Waals surface area contributed by atoms with Crippen LogP contribution in [0, 0.1) is 0 Å². The van der Waals surface area contributed by atoms with Gasteiger partial charge in [0, 0.05) is 13.3 Å². The fourth-order valence-electron chi connectivity index (χ4n) is 0.923. The predicted octanol–water partition coefficient (Wildman–Crippen LogP) is 4.47. The van der Waals surface area contributed by atoms with Crippen LogP contribution in [0.2, 0.25) is 0 Å². The second-order valence-electron chi connectivity index (χ2n) is 3.76. The molecule has 0 saturated heterocycles. The second kappa shape index (κ2) is 5.19. The van der Waals surface area contributed by atoms with Gasteiger partial charge in [0.25, 0.3) is 0 Å². The van der Waals surface area contributed by atoms with Crippen molar-refractivity contribution in [3.05, 3.63) is 0 Å². The molecule has 0 heterocycles. The lowest BCUT2D eigenvalue weighted by molar-refractivity contribution is -0.398. The van der Waals surface area contributed by atoms with Gasteiger partial charge in [0.2, 0.25) is 0 Å². The van der Waals surface area contributed by atoms with Gasteiger partial charge in [0.1, 0.15) is 0 Å². The first-order valence-electron chi connectivity index (χ1n) is 4.68. The van der Waals surface area contributed by atoms with Crippen molar-refractivity contribution in [3.8, 4) is 0 Å². The van der Waals surface area contributed by atoms with Crippen LogP contribution in [-0.2, 0) is 4.74 Å². The van der Waals surface area contributed by atoms with Gasteiger partial charge in [0.15, 0.2) is 0 Å². The van der Waals surface area contributed by atoms with E-state index in [4.69, 9.17) is 0 Å². The first kappa shape index (κ1) is 19.2. The molecule has 0 N–H and O–H groups in total. The Kier molecular flexibility index (Phi) is 4.98. The molecule has 0 amide bonds. The summed E-state index contributed by atoms with van der Waals surface area (Å²) in [6.07, 6.45) is -13.4. The highest BCUT2D eigenvalue weighted by Gasteiger charge is 2.81. The molecule has 12 heteroatoms. The van der Waals surface area contributed by atoms with Gasteiger partial charge in [-0.25, -0.2) is 0 Å². The Morgan fingerprint density at radius 3 is 1.40 bits per heavy atom. The maximum Gasteiger partial charge on any atom is 0.460 e. The minimum atomic E-state index is -7.03. The van der Waals surface area contributed by atoms with Gasteiger partial charge < -0.3 is 4.74 Å². The quantitative estimate of drug-likeness (QED) is 0.654. The molecule has 0 aliphatic carbocycles. The van der Waals surface area contributed by atoms with Gasteiger partial charge in [-0.2, -0.15) is 48.3 Å². The van der Waals surface area contributed by atoms with E-state index < -0.39 is 43.1 Å². The van der Waals surface area contributed by atoms with Gasteiger partial charge in [-0.1, -0.05) is 0 Å². The first-order chi connectivity index (χ1) is 8.46. The van der Waals surface area contributed by atoms with E-state index in [1.807, 2.05) is 0 Å². The summed E-state index contributed by atoms with van der Waals surface area (Å²) < 4.78 is 138. The van der Waals surface area contributed by atoms with Crippen LogP contribution in [0.25, 0.3) is 0 Å². The van der Waals surface area contributed by atoms with Gasteiger partial charge in [0.05, 0.1) is 6.61 Å². The molecule has 0 radical (unpaired) electrons. The third-order valence-electron chi connectivity index (χ3n) is 1.98. The zero-order valence-corrected chi connectivity index (χ0v) is 9.48. The smallest absolute Gasteiger partial charge is 0.320 e. The van der Waals surface area contributed by atoms with E-state index in [0.29, 0.717) is 0 Å². The highest BCUT2D eigenvalue weighted by atomic mass is 19.4. The predicted molar refractivity (Wildman–Crippen MR) is 42.1 cm³/mol. The Bertz CT molecular complexity index is 326. The lowest BCUT2D eigenvalue weighted by Gasteiger charge is -2.33. The summed E-state index contributed by atoms with van der Waals surface area (Å²) in [6.45, 7) is -1.81. The molecule has 0 aromatic carbocycles. The van der Waals surface area contributed by atoms with Crippen LogP contribution < -0.4 is 0 Å². The fourth-order valence-corrected chi connectivity index (χ4v) is 0.923. The Balaban J connectivity index is 5.08. The number of hydrogen-bond acceptors (Lipinski definition) is 1. The topological polar surface area (TPSA) is 9.23 Å². The molecule has 0 rings (SSSR count). The van der Waals surface area contributed by atoms with Gasteiger partial charge >= 0.3 is 30.1 Å². The third-order valence-corrected chi connectivity index (χ3v) is 1.98. The van der Waals surface area contributed by atoms with Crippen molar-refractivity contribution in [1.29, 1.82) is 0 Å². The molecule has 0 fully saturated rings. The normalized spacial score (nSPS) is 15.6. The molecule has 0 aromatic rings. The van der Waals surface area contributed by atoms with E-state index in [9.17, 15) is 48.3 Å². The minimum absolute atomic E-state index is 0.0353. The fraction of sp³-hybridized carbons (Fsp3) is 1.00. The van der Waals surface area contributed by atoms with Crippen LogP contribution in [0.3, 0.4) is 0 Å². The number of halogens is 11. The molecule has 0 aliphatic heterocycles. The molecule has 0 bridgehead atoms. The lowest BCUT2D eigenvalue weighted by atomic mass is 10.0. The standard InChI is InChI=1S/C8H7F11O/c1-4(9,10)20-3-2-5(11,12)6(13,14)7(15,16)8(17,18)19/h2-3H2,1H3. The third kappa shape index (κ3) is 3.85. The summed E-state index contributed by atoms with van der Waals surface area (Å²) in [6, 6.07) is 0. The van der Waals surface area contributed by atoms with Crippen LogP contribution in [0.5, 0.6) is 0 Å². The van der Waals surface area contributed by atoms with Crippen molar-refractivity contribution >= 4 is 0 Å². The minimum Gasteiger partial charge on any atom is -0.320 e. The van der Waals surface area contributed by atoms with Crippen LogP contribution in [0.15, 0.2) is 0 Å². The lowest BCUT2D eigenvalue weighted by Crippen LogP contribution is -2.61. The van der Waals surface area contributed by atoms with E-state index in [1.54, 1.807) is 0 Å². The number of rotatable bonds is 6. The Morgan fingerprint density at radius 1 is 0.700 bits per heavy atom. The molecule has 0 aromatic heterocycles. The van der Waals surface area contributed by atoms with Gasteiger partial charge in [-0.15, -0.1) is 0 Å². The van der Waals surface area contributed by atoms with Crippen LogP contribution >= 0.6 is 0 Å². The summed E-state index contributed by atoms with van der Waals surface area (Å²) in [4.78, 5) is 0. The second-order valence-corrected chi connectivity index (χ2v) is 3.76. The molecular weight excluding hydrogens is 321 g/mol. The molecule has 0 spiro atoms. The highest BCUT2D eigenvalue weighted by molar-refractivity contribution is 5.00. The molecule has 0 atom stereocenters. The van der Waals surface area contributed by atoms with Crippen molar-refractivity contribution in [3.63, 3.8) is 0 Å². The molecule has 20 heavy (non-hydrogen) atoms. The summed E-state index contributed by atoms with van der Waals surface area (Å²) in [7, 11) is 0. The first-order valence-corrected chi connectivity index (χ1v) is 4.68. The van der Waals surface area contributed by atoms with Crippen molar-refractivity contribution in [2.75, 3.05) is 6.61 Å². The van der Waals surface area contributed by atoms with Crippen LogP contribution in [0.1, 0.15) is 13.3 Å². The molecule has 0 unspecified atom stereocenters. The molecule has 122 valence electrons. The SMILES string of the molecule is CC(F)(F)OCCC(F)(F)C(F)(F)C(F)(F)C(F)(F)F. The summed E-state index contributed by atoms with van der Waals surface area (Å²) in [5.74, 6) is -19.7. The van der Waals surface area contributed by atoms with E-state index >= 15 is 0 Å². The van der Waals surface area contributed by atoms with Crippen LogP contribution in [0.4, 0.5) is 48.3 Å². The monoisotopic (exact) mass is 328 g/mol. The van der Waals surface area contributed by atoms with E-state index in [1.165, 1.54) is 0 Å². The maximum absolute atomic E-state index is 12.7. The van der Waals surface area contributed by atoms with Gasteiger partial charge in [-0.3, -0.25) is 0 Å². The average molecular weight is 328 g/mol.